The average molecular weight is 466 g/mol. The van der Waals surface area contributed by atoms with Crippen molar-refractivity contribution in [2.24, 2.45) is 0 Å². The lowest BCUT2D eigenvalue weighted by molar-refractivity contribution is -0.386. The number of hydrogen-bond acceptors (Lipinski definition) is 8. The Hall–Kier alpha value is -5.00. The van der Waals surface area contributed by atoms with Crippen LogP contribution in [-0.2, 0) is 22.7 Å². The van der Waals surface area contributed by atoms with E-state index >= 15 is 0 Å². The fourth-order valence-corrected chi connectivity index (χ4v) is 2.85. The van der Waals surface area contributed by atoms with Crippen molar-refractivity contribution in [1.29, 1.82) is 0 Å². The minimum Gasteiger partial charge on any atom is -0.444 e. The first-order chi connectivity index (χ1) is 16.3. The van der Waals surface area contributed by atoms with Gasteiger partial charge < -0.3 is 9.47 Å². The van der Waals surface area contributed by atoms with Crippen molar-refractivity contribution in [1.82, 2.24) is 0 Å². The van der Waals surface area contributed by atoms with Gasteiger partial charge in [-0.05, 0) is 36.4 Å². The zero-order valence-electron chi connectivity index (χ0n) is 17.5. The highest BCUT2D eigenvalue weighted by atomic mass is 16.6. The SMILES string of the molecule is O=C(Nc1ccc(NC(=O)OCc2ccccc2[N+](=O)[O-])cc1)OCc1ccccc1[N+](=O)[O-]. The van der Waals surface area contributed by atoms with Crippen LogP contribution < -0.4 is 10.6 Å². The minimum atomic E-state index is -0.817. The van der Waals surface area contributed by atoms with Crippen molar-refractivity contribution in [3.05, 3.63) is 104 Å². The minimum absolute atomic E-state index is 0.153. The van der Waals surface area contributed by atoms with Crippen molar-refractivity contribution in [3.63, 3.8) is 0 Å². The van der Waals surface area contributed by atoms with Crippen molar-refractivity contribution < 1.29 is 28.9 Å². The van der Waals surface area contributed by atoms with E-state index in [1.807, 2.05) is 0 Å². The van der Waals surface area contributed by atoms with Gasteiger partial charge in [-0.2, -0.15) is 0 Å². The van der Waals surface area contributed by atoms with E-state index in [1.54, 1.807) is 12.1 Å². The molecule has 174 valence electrons. The summed E-state index contributed by atoms with van der Waals surface area (Å²) in [6.45, 7) is -0.567. The van der Waals surface area contributed by atoms with Crippen LogP contribution in [0, 0.1) is 20.2 Å². The zero-order chi connectivity index (χ0) is 24.5. The van der Waals surface area contributed by atoms with Gasteiger partial charge in [0.15, 0.2) is 0 Å². The topological polar surface area (TPSA) is 163 Å². The molecule has 3 aromatic rings. The van der Waals surface area contributed by atoms with Crippen LogP contribution in [0.1, 0.15) is 11.1 Å². The molecule has 0 aliphatic rings. The van der Waals surface area contributed by atoms with E-state index in [1.165, 1.54) is 60.7 Å². The van der Waals surface area contributed by atoms with Gasteiger partial charge in [0.05, 0.1) is 21.0 Å². The maximum atomic E-state index is 12.0. The molecule has 0 spiro atoms. The molecule has 0 radical (unpaired) electrons. The highest BCUT2D eigenvalue weighted by Gasteiger charge is 2.15. The maximum absolute atomic E-state index is 12.0. The number of nitro groups is 2. The number of para-hydroxylation sites is 2. The Labute approximate surface area is 192 Å². The van der Waals surface area contributed by atoms with Crippen LogP contribution in [0.5, 0.6) is 0 Å². The predicted octanol–water partition coefficient (Wildman–Crippen LogP) is 5.00. The molecule has 12 heteroatoms. The van der Waals surface area contributed by atoms with E-state index < -0.39 is 22.0 Å². The average Bonchev–Trinajstić information content (AvgIpc) is 2.83. The highest BCUT2D eigenvalue weighted by molar-refractivity contribution is 5.87. The second-order valence-corrected chi connectivity index (χ2v) is 6.75. The maximum Gasteiger partial charge on any atom is 0.411 e. The first kappa shape index (κ1) is 23.7. The molecule has 0 heterocycles. The predicted molar refractivity (Wildman–Crippen MR) is 120 cm³/mol. The monoisotopic (exact) mass is 466 g/mol. The molecular weight excluding hydrogens is 448 g/mol. The number of nitrogens with one attached hydrogen (secondary N) is 2. The summed E-state index contributed by atoms with van der Waals surface area (Å²) in [4.78, 5) is 44.9. The molecule has 0 unspecified atom stereocenters. The van der Waals surface area contributed by atoms with E-state index in [2.05, 4.69) is 10.6 Å². The van der Waals surface area contributed by atoms with Gasteiger partial charge >= 0.3 is 12.2 Å². The number of carbonyl (C=O) groups excluding carboxylic acids is 2. The molecule has 0 fully saturated rings. The van der Waals surface area contributed by atoms with Gasteiger partial charge in [0, 0.05) is 23.5 Å². The Morgan fingerprint density at radius 1 is 0.647 bits per heavy atom. The molecule has 0 aliphatic carbocycles. The number of ether oxygens (including phenoxy) is 2. The highest BCUT2D eigenvalue weighted by Crippen LogP contribution is 2.20. The van der Waals surface area contributed by atoms with E-state index in [4.69, 9.17) is 9.47 Å². The van der Waals surface area contributed by atoms with E-state index in [9.17, 15) is 29.8 Å². The second-order valence-electron chi connectivity index (χ2n) is 6.75. The Morgan fingerprint density at radius 3 is 1.35 bits per heavy atom. The van der Waals surface area contributed by atoms with Gasteiger partial charge in [0.25, 0.3) is 11.4 Å². The number of hydrogen-bond donors (Lipinski definition) is 2. The molecule has 0 aliphatic heterocycles. The van der Waals surface area contributed by atoms with Gasteiger partial charge in [0.2, 0.25) is 0 Å². The van der Waals surface area contributed by atoms with Crippen LogP contribution in [0.3, 0.4) is 0 Å². The Morgan fingerprint density at radius 2 is 1.00 bits per heavy atom. The summed E-state index contributed by atoms with van der Waals surface area (Å²) in [6, 6.07) is 17.8. The number of anilines is 2. The first-order valence-electron chi connectivity index (χ1n) is 9.75. The van der Waals surface area contributed by atoms with Crippen LogP contribution in [0.15, 0.2) is 72.8 Å². The normalized spacial score (nSPS) is 10.1. The van der Waals surface area contributed by atoms with Gasteiger partial charge in [0.1, 0.15) is 13.2 Å². The molecule has 0 atom stereocenters. The lowest BCUT2D eigenvalue weighted by atomic mass is 10.2. The fourth-order valence-electron chi connectivity index (χ4n) is 2.85. The van der Waals surface area contributed by atoms with Crippen LogP contribution in [0.2, 0.25) is 0 Å². The summed E-state index contributed by atoms with van der Waals surface area (Å²) in [5, 5.41) is 26.9. The lowest BCUT2D eigenvalue weighted by Gasteiger charge is -2.09. The third kappa shape index (κ3) is 6.50. The summed E-state index contributed by atoms with van der Waals surface area (Å²) in [6.07, 6.45) is -1.63. The molecule has 3 rings (SSSR count). The number of nitro benzene ring substituents is 2. The van der Waals surface area contributed by atoms with E-state index in [0.717, 1.165) is 0 Å². The van der Waals surface area contributed by atoms with Gasteiger partial charge in [-0.1, -0.05) is 24.3 Å². The lowest BCUT2D eigenvalue weighted by Crippen LogP contribution is -2.15. The number of rotatable bonds is 8. The summed E-state index contributed by atoms with van der Waals surface area (Å²) in [5.74, 6) is 0. The molecule has 0 saturated heterocycles. The molecule has 0 bridgehead atoms. The molecule has 2 N–H and O–H groups in total. The summed E-state index contributed by atoms with van der Waals surface area (Å²) < 4.78 is 10.1. The number of carbonyl (C=O) groups is 2. The molecule has 0 aromatic heterocycles. The van der Waals surface area contributed by atoms with Crippen LogP contribution in [-0.4, -0.2) is 22.0 Å². The molecule has 3 aromatic carbocycles. The number of nitrogens with zero attached hydrogens (tertiary/aromatic N) is 2. The van der Waals surface area contributed by atoms with Crippen molar-refractivity contribution in [3.8, 4) is 0 Å². The van der Waals surface area contributed by atoms with Gasteiger partial charge in [-0.25, -0.2) is 9.59 Å². The van der Waals surface area contributed by atoms with Gasteiger partial charge in [-0.3, -0.25) is 30.9 Å². The first-order valence-corrected chi connectivity index (χ1v) is 9.75. The van der Waals surface area contributed by atoms with E-state index in [-0.39, 0.29) is 35.7 Å². The van der Waals surface area contributed by atoms with Gasteiger partial charge in [-0.15, -0.1) is 0 Å². The number of benzene rings is 3. The summed E-state index contributed by atoms with van der Waals surface area (Å²) >= 11 is 0. The van der Waals surface area contributed by atoms with Crippen LogP contribution in [0.25, 0.3) is 0 Å². The summed E-state index contributed by atoms with van der Waals surface area (Å²) in [5.41, 5.74) is 0.903. The second kappa shape index (κ2) is 11.0. The molecular formula is C22H18N4O8. The smallest absolute Gasteiger partial charge is 0.411 e. The molecule has 0 saturated carbocycles. The van der Waals surface area contributed by atoms with E-state index in [0.29, 0.717) is 11.4 Å². The fraction of sp³-hybridized carbons (Fsp3) is 0.0909. The molecule has 12 nitrogen and oxygen atoms in total. The Balaban J connectivity index is 1.48. The third-order valence-corrected chi connectivity index (χ3v) is 4.47. The zero-order valence-corrected chi connectivity index (χ0v) is 17.5. The van der Waals surface area contributed by atoms with Crippen molar-refractivity contribution in [2.45, 2.75) is 13.2 Å². The molecule has 2 amide bonds. The van der Waals surface area contributed by atoms with Crippen LogP contribution in [0.4, 0.5) is 32.3 Å². The number of amides is 2. The quantitative estimate of drug-likeness (QED) is 0.346. The van der Waals surface area contributed by atoms with Crippen molar-refractivity contribution >= 4 is 34.9 Å². The Kier molecular flexibility index (Phi) is 7.68. The Bertz CT molecular complexity index is 1120. The van der Waals surface area contributed by atoms with Crippen molar-refractivity contribution in [2.75, 3.05) is 10.6 Å². The van der Waals surface area contributed by atoms with Crippen LogP contribution >= 0.6 is 0 Å². The third-order valence-electron chi connectivity index (χ3n) is 4.47. The summed E-state index contributed by atoms with van der Waals surface area (Å²) in [7, 11) is 0. The largest absolute Gasteiger partial charge is 0.444 e. The molecule has 34 heavy (non-hydrogen) atoms. The standard InChI is InChI=1S/C22H18N4O8/c27-21(33-13-15-5-1-3-7-19(15)25(29)30)23-17-9-11-18(12-10-17)24-22(28)34-14-16-6-2-4-8-20(16)26(31)32/h1-12H,13-14H2,(H,23,27)(H,24,28).